The van der Waals surface area contributed by atoms with E-state index in [1.165, 1.54) is 25.7 Å². The number of para-hydroxylation sites is 1. The van der Waals surface area contributed by atoms with Gasteiger partial charge in [-0.2, -0.15) is 5.26 Å². The monoisotopic (exact) mass is 298 g/mol. The molecule has 116 valence electrons. The summed E-state index contributed by atoms with van der Waals surface area (Å²) in [5.74, 6) is 0.730. The van der Waals surface area contributed by atoms with Crippen LogP contribution in [0.4, 0.5) is 0 Å². The minimum atomic E-state index is 0.345. The first-order valence-corrected chi connectivity index (χ1v) is 7.78. The standard InChI is InChI=1S/C17H22N4O/c1-3-4-5-6-9-12-21-17(15(13-18)19-20-21)14-10-7-8-11-16(14)22-2/h7-8,10-11H,3-6,9,12H2,1-2H3. The molecule has 0 aliphatic carbocycles. The maximum atomic E-state index is 9.29. The van der Waals surface area contributed by atoms with Crippen LogP contribution in [0, 0.1) is 11.3 Å². The summed E-state index contributed by atoms with van der Waals surface area (Å²) < 4.78 is 7.22. The second kappa shape index (κ2) is 8.18. The summed E-state index contributed by atoms with van der Waals surface area (Å²) in [7, 11) is 1.63. The lowest BCUT2D eigenvalue weighted by molar-refractivity contribution is 0.415. The summed E-state index contributed by atoms with van der Waals surface area (Å²) in [6.07, 6.45) is 5.94. The highest BCUT2D eigenvalue weighted by atomic mass is 16.5. The molecule has 5 heteroatoms. The Balaban J connectivity index is 2.22. The van der Waals surface area contributed by atoms with E-state index in [4.69, 9.17) is 4.74 Å². The lowest BCUT2D eigenvalue weighted by Crippen LogP contribution is -2.04. The Morgan fingerprint density at radius 3 is 2.68 bits per heavy atom. The molecule has 1 heterocycles. The fourth-order valence-electron chi connectivity index (χ4n) is 2.52. The molecule has 0 aliphatic heterocycles. The van der Waals surface area contributed by atoms with Crippen molar-refractivity contribution in [1.82, 2.24) is 15.0 Å². The van der Waals surface area contributed by atoms with Crippen molar-refractivity contribution >= 4 is 0 Å². The first-order chi connectivity index (χ1) is 10.8. The normalized spacial score (nSPS) is 10.4. The van der Waals surface area contributed by atoms with Crippen molar-refractivity contribution in [3.63, 3.8) is 0 Å². The van der Waals surface area contributed by atoms with Crippen molar-refractivity contribution in [2.45, 2.75) is 45.6 Å². The summed E-state index contributed by atoms with van der Waals surface area (Å²) in [5, 5.41) is 17.4. The first kappa shape index (κ1) is 16.0. The van der Waals surface area contributed by atoms with Crippen LogP contribution in [0.3, 0.4) is 0 Å². The van der Waals surface area contributed by atoms with Gasteiger partial charge in [0.05, 0.1) is 7.11 Å². The third-order valence-corrected chi connectivity index (χ3v) is 3.68. The number of benzene rings is 1. The molecule has 0 spiro atoms. The highest BCUT2D eigenvalue weighted by Crippen LogP contribution is 2.31. The molecule has 0 fully saturated rings. The van der Waals surface area contributed by atoms with Crippen molar-refractivity contribution in [2.75, 3.05) is 7.11 Å². The predicted molar refractivity (Wildman–Crippen MR) is 85.5 cm³/mol. The van der Waals surface area contributed by atoms with Gasteiger partial charge in [-0.15, -0.1) is 5.10 Å². The van der Waals surface area contributed by atoms with Gasteiger partial charge in [-0.1, -0.05) is 50.0 Å². The summed E-state index contributed by atoms with van der Waals surface area (Å²) in [6.45, 7) is 2.97. The second-order valence-electron chi connectivity index (χ2n) is 5.24. The van der Waals surface area contributed by atoms with Gasteiger partial charge in [0.25, 0.3) is 0 Å². The topological polar surface area (TPSA) is 63.7 Å². The van der Waals surface area contributed by atoms with Crippen LogP contribution in [0.25, 0.3) is 11.3 Å². The molecule has 0 atom stereocenters. The van der Waals surface area contributed by atoms with E-state index in [0.29, 0.717) is 5.69 Å². The van der Waals surface area contributed by atoms with Crippen molar-refractivity contribution in [3.8, 4) is 23.1 Å². The zero-order valence-corrected chi connectivity index (χ0v) is 13.2. The van der Waals surface area contributed by atoms with Crippen LogP contribution in [0.15, 0.2) is 24.3 Å². The van der Waals surface area contributed by atoms with Crippen LogP contribution in [-0.4, -0.2) is 22.1 Å². The predicted octanol–water partition coefficient (Wildman–Crippen LogP) is 3.80. The molecule has 0 unspecified atom stereocenters. The Morgan fingerprint density at radius 2 is 1.95 bits per heavy atom. The Hall–Kier alpha value is -2.35. The van der Waals surface area contributed by atoms with Crippen molar-refractivity contribution in [2.24, 2.45) is 0 Å². The lowest BCUT2D eigenvalue weighted by atomic mass is 10.1. The van der Waals surface area contributed by atoms with Crippen LogP contribution in [0.1, 0.15) is 44.7 Å². The zero-order chi connectivity index (χ0) is 15.8. The van der Waals surface area contributed by atoms with Crippen molar-refractivity contribution in [1.29, 1.82) is 5.26 Å². The van der Waals surface area contributed by atoms with Gasteiger partial charge >= 0.3 is 0 Å². The number of rotatable bonds is 8. The highest BCUT2D eigenvalue weighted by Gasteiger charge is 2.17. The molecular weight excluding hydrogens is 276 g/mol. The van der Waals surface area contributed by atoms with E-state index in [0.717, 1.165) is 30.0 Å². The highest BCUT2D eigenvalue weighted by molar-refractivity contribution is 5.71. The van der Waals surface area contributed by atoms with E-state index in [2.05, 4.69) is 23.3 Å². The Bertz CT molecular complexity index is 642. The van der Waals surface area contributed by atoms with Crippen LogP contribution < -0.4 is 4.74 Å². The molecule has 2 rings (SSSR count). The fourth-order valence-corrected chi connectivity index (χ4v) is 2.52. The van der Waals surface area contributed by atoms with Gasteiger partial charge in [0.15, 0.2) is 5.69 Å². The summed E-state index contributed by atoms with van der Waals surface area (Å²) in [5.41, 5.74) is 1.95. The van der Waals surface area contributed by atoms with E-state index in [1.807, 2.05) is 28.9 Å². The largest absolute Gasteiger partial charge is 0.496 e. The lowest BCUT2D eigenvalue weighted by Gasteiger charge is -2.10. The summed E-state index contributed by atoms with van der Waals surface area (Å²) >= 11 is 0. The Morgan fingerprint density at radius 1 is 1.18 bits per heavy atom. The summed E-state index contributed by atoms with van der Waals surface area (Å²) in [4.78, 5) is 0. The molecule has 22 heavy (non-hydrogen) atoms. The van der Waals surface area contributed by atoms with Gasteiger partial charge in [-0.25, -0.2) is 4.68 Å². The number of nitriles is 1. The number of aryl methyl sites for hydroxylation is 1. The molecule has 0 aliphatic rings. The average Bonchev–Trinajstić information content (AvgIpc) is 2.97. The van der Waals surface area contributed by atoms with E-state index in [-0.39, 0.29) is 0 Å². The van der Waals surface area contributed by atoms with Crippen LogP contribution >= 0.6 is 0 Å². The van der Waals surface area contributed by atoms with E-state index in [1.54, 1.807) is 7.11 Å². The number of nitrogens with zero attached hydrogens (tertiary/aromatic N) is 4. The average molecular weight is 298 g/mol. The molecular formula is C17H22N4O. The quantitative estimate of drug-likeness (QED) is 0.695. The van der Waals surface area contributed by atoms with Gasteiger partial charge in [0.1, 0.15) is 17.5 Å². The number of methoxy groups -OCH3 is 1. The Labute approximate surface area is 131 Å². The van der Waals surface area contributed by atoms with Crippen LogP contribution in [0.5, 0.6) is 5.75 Å². The SMILES string of the molecule is CCCCCCCn1nnc(C#N)c1-c1ccccc1OC. The third-order valence-electron chi connectivity index (χ3n) is 3.68. The smallest absolute Gasteiger partial charge is 0.190 e. The molecule has 5 nitrogen and oxygen atoms in total. The molecule has 0 N–H and O–H groups in total. The van der Waals surface area contributed by atoms with Gasteiger partial charge < -0.3 is 4.74 Å². The summed E-state index contributed by atoms with van der Waals surface area (Å²) in [6, 6.07) is 9.79. The van der Waals surface area contributed by atoms with E-state index in [9.17, 15) is 5.26 Å². The molecule has 1 aromatic heterocycles. The number of hydrogen-bond acceptors (Lipinski definition) is 4. The molecule has 0 amide bonds. The number of hydrogen-bond donors (Lipinski definition) is 0. The van der Waals surface area contributed by atoms with Gasteiger partial charge in [0, 0.05) is 12.1 Å². The second-order valence-corrected chi connectivity index (χ2v) is 5.24. The number of aromatic nitrogens is 3. The zero-order valence-electron chi connectivity index (χ0n) is 13.2. The van der Waals surface area contributed by atoms with Gasteiger partial charge in [-0.3, -0.25) is 0 Å². The van der Waals surface area contributed by atoms with Gasteiger partial charge in [-0.05, 0) is 18.6 Å². The number of ether oxygens (including phenoxy) is 1. The molecule has 0 radical (unpaired) electrons. The third kappa shape index (κ3) is 3.64. The molecule has 0 saturated carbocycles. The van der Waals surface area contributed by atoms with Gasteiger partial charge in [0.2, 0.25) is 0 Å². The van der Waals surface area contributed by atoms with Crippen LogP contribution in [0.2, 0.25) is 0 Å². The minimum absolute atomic E-state index is 0.345. The maximum Gasteiger partial charge on any atom is 0.190 e. The first-order valence-electron chi connectivity index (χ1n) is 7.78. The molecule has 2 aromatic rings. The van der Waals surface area contributed by atoms with E-state index >= 15 is 0 Å². The molecule has 0 saturated heterocycles. The van der Waals surface area contributed by atoms with Crippen molar-refractivity contribution < 1.29 is 4.74 Å². The Kier molecular flexibility index (Phi) is 5.96. The molecule has 1 aromatic carbocycles. The van der Waals surface area contributed by atoms with E-state index < -0.39 is 0 Å². The van der Waals surface area contributed by atoms with Crippen LogP contribution in [-0.2, 0) is 6.54 Å². The molecule has 0 bridgehead atoms. The number of unbranched alkanes of at least 4 members (excludes halogenated alkanes) is 4. The maximum absolute atomic E-state index is 9.29. The fraction of sp³-hybridized carbons (Fsp3) is 0.471. The minimum Gasteiger partial charge on any atom is -0.496 e. The van der Waals surface area contributed by atoms with Crippen molar-refractivity contribution in [3.05, 3.63) is 30.0 Å².